The molecule has 4 atom stereocenters. The Labute approximate surface area is 332 Å². The van der Waals surface area contributed by atoms with E-state index in [1.807, 2.05) is 19.9 Å². The molecule has 0 aliphatic carbocycles. The Balaban J connectivity index is 1.08. The van der Waals surface area contributed by atoms with Crippen molar-refractivity contribution in [3.8, 4) is 33.8 Å². The Bertz CT molecular complexity index is 2330. The summed E-state index contributed by atoms with van der Waals surface area (Å²) in [4.78, 5) is 69.1. The topological polar surface area (TPSA) is 199 Å². The SMILES string of the molecule is COC(=O)N[C@H](C(=O)N1CCC[C@H]1c1ncc(-c2cc(F)c(-c3cc4cc(-c5cnc([C@@H]6CCCN6C(=O)[C@@H](NC(=O)O)C(C)C)[nH]5)ccc4o3)c(F)c2)[nH]1)C(C)C. The number of methoxy groups -OCH3 is 1. The van der Waals surface area contributed by atoms with Crippen LogP contribution in [0.1, 0.15) is 77.1 Å². The number of H-pyrrole nitrogens is 2. The van der Waals surface area contributed by atoms with Crippen LogP contribution >= 0.6 is 0 Å². The number of furan rings is 1. The van der Waals surface area contributed by atoms with Gasteiger partial charge >= 0.3 is 12.2 Å². The van der Waals surface area contributed by atoms with Crippen molar-refractivity contribution in [1.82, 2.24) is 40.4 Å². The van der Waals surface area contributed by atoms with E-state index in [1.54, 1.807) is 48.0 Å². The maximum absolute atomic E-state index is 15.8. The van der Waals surface area contributed by atoms with E-state index in [9.17, 15) is 24.3 Å². The number of fused-ring (bicyclic) bond motifs is 1. The molecule has 0 radical (unpaired) electrons. The molecule has 17 heteroatoms. The summed E-state index contributed by atoms with van der Waals surface area (Å²) in [5, 5.41) is 14.8. The van der Waals surface area contributed by atoms with E-state index in [4.69, 9.17) is 9.15 Å². The molecule has 0 unspecified atom stereocenters. The van der Waals surface area contributed by atoms with Crippen LogP contribution in [-0.4, -0.2) is 91.1 Å². The molecule has 5 aromatic rings. The molecular weight excluding hydrogens is 754 g/mol. The Morgan fingerprint density at radius 3 is 1.86 bits per heavy atom. The Morgan fingerprint density at radius 1 is 0.810 bits per heavy atom. The third-order valence-corrected chi connectivity index (χ3v) is 10.9. The number of aromatic amines is 2. The zero-order chi connectivity index (χ0) is 41.4. The lowest BCUT2D eigenvalue weighted by molar-refractivity contribution is -0.136. The van der Waals surface area contributed by atoms with E-state index >= 15 is 8.78 Å². The molecule has 2 aliphatic rings. The van der Waals surface area contributed by atoms with Crippen LogP contribution in [0.25, 0.3) is 44.8 Å². The van der Waals surface area contributed by atoms with Crippen molar-refractivity contribution in [2.75, 3.05) is 20.2 Å². The standard InChI is InChI=1S/C41H46F2N8O7/c1-20(2)34(48-40(54)55)38(52)50-12-6-8-29(50)36-44-18-27(46-36)22-10-11-31-24(14-22)17-32(58-31)33-25(42)15-23(16-26(33)43)28-19-45-37(47-28)30-9-7-13-51(30)39(53)35(21(3)4)49-41(56)57-5/h10-11,14-21,29-30,34-35,48H,6-9,12-13H2,1-5H3,(H,44,46)(H,45,47)(H,49,56)(H,54,55)/t29-,30-,34-,35-/m0/s1. The summed E-state index contributed by atoms with van der Waals surface area (Å²) in [6, 6.07) is 6.80. The molecule has 4 amide bonds. The number of amides is 4. The van der Waals surface area contributed by atoms with Gasteiger partial charge in [-0.25, -0.2) is 28.3 Å². The normalized spacial score (nSPS) is 17.9. The fourth-order valence-electron chi connectivity index (χ4n) is 7.94. The fourth-order valence-corrected chi connectivity index (χ4v) is 7.94. The van der Waals surface area contributed by atoms with Gasteiger partial charge in [-0.2, -0.15) is 0 Å². The molecule has 58 heavy (non-hydrogen) atoms. The number of imidazole rings is 2. The highest BCUT2D eigenvalue weighted by Gasteiger charge is 2.39. The first-order valence-electron chi connectivity index (χ1n) is 19.3. The average molecular weight is 801 g/mol. The third kappa shape index (κ3) is 7.84. The number of aromatic nitrogens is 4. The van der Waals surface area contributed by atoms with E-state index < -0.39 is 41.9 Å². The number of likely N-dealkylation sites (tertiary alicyclic amines) is 2. The van der Waals surface area contributed by atoms with Crippen molar-refractivity contribution in [2.45, 2.75) is 77.5 Å². The van der Waals surface area contributed by atoms with Gasteiger partial charge in [0.2, 0.25) is 11.8 Å². The van der Waals surface area contributed by atoms with Crippen LogP contribution in [0.4, 0.5) is 18.4 Å². The lowest BCUT2D eigenvalue weighted by Gasteiger charge is -2.30. The van der Waals surface area contributed by atoms with Crippen LogP contribution < -0.4 is 10.6 Å². The maximum atomic E-state index is 15.8. The van der Waals surface area contributed by atoms with Gasteiger partial charge in [0, 0.05) is 29.6 Å². The smallest absolute Gasteiger partial charge is 0.407 e. The van der Waals surface area contributed by atoms with Crippen LogP contribution in [0.15, 0.2) is 53.2 Å². The Morgan fingerprint density at radius 2 is 1.34 bits per heavy atom. The highest BCUT2D eigenvalue weighted by Crippen LogP contribution is 2.38. The second-order valence-electron chi connectivity index (χ2n) is 15.5. The van der Waals surface area contributed by atoms with Gasteiger partial charge in [-0.1, -0.05) is 27.7 Å². The number of nitrogens with zero attached hydrogens (tertiary/aromatic N) is 4. The van der Waals surface area contributed by atoms with Crippen molar-refractivity contribution in [2.24, 2.45) is 11.8 Å². The maximum Gasteiger partial charge on any atom is 0.407 e. The number of halogens is 2. The predicted molar refractivity (Wildman–Crippen MR) is 208 cm³/mol. The summed E-state index contributed by atoms with van der Waals surface area (Å²) in [6.07, 6.45) is 3.89. The van der Waals surface area contributed by atoms with Gasteiger partial charge in [-0.15, -0.1) is 0 Å². The molecule has 5 heterocycles. The predicted octanol–water partition coefficient (Wildman–Crippen LogP) is 7.16. The van der Waals surface area contributed by atoms with Crippen molar-refractivity contribution >= 4 is 35.0 Å². The summed E-state index contributed by atoms with van der Waals surface area (Å²) in [6.45, 7) is 8.16. The second-order valence-corrected chi connectivity index (χ2v) is 15.5. The van der Waals surface area contributed by atoms with E-state index in [0.717, 1.165) is 12.0 Å². The molecule has 2 saturated heterocycles. The van der Waals surface area contributed by atoms with E-state index in [2.05, 4.69) is 30.6 Å². The first kappa shape index (κ1) is 40.0. The number of carbonyl (C=O) groups excluding carboxylic acids is 3. The molecule has 0 saturated carbocycles. The van der Waals surface area contributed by atoms with Crippen LogP contribution in [-0.2, 0) is 14.3 Å². The minimum atomic E-state index is -1.26. The van der Waals surface area contributed by atoms with E-state index in [0.29, 0.717) is 66.4 Å². The van der Waals surface area contributed by atoms with Crippen molar-refractivity contribution < 1.29 is 42.2 Å². The number of hydrogen-bond donors (Lipinski definition) is 5. The summed E-state index contributed by atoms with van der Waals surface area (Å²) in [5.74, 6) is -1.67. The molecule has 2 aliphatic heterocycles. The lowest BCUT2D eigenvalue weighted by Crippen LogP contribution is -2.51. The highest BCUT2D eigenvalue weighted by atomic mass is 19.1. The first-order valence-corrected chi connectivity index (χ1v) is 19.3. The summed E-state index contributed by atoms with van der Waals surface area (Å²) >= 11 is 0. The van der Waals surface area contributed by atoms with Gasteiger partial charge in [0.1, 0.15) is 46.7 Å². The first-order chi connectivity index (χ1) is 27.7. The molecule has 7 rings (SSSR count). The number of benzene rings is 2. The molecule has 15 nitrogen and oxygen atoms in total. The molecule has 0 bridgehead atoms. The van der Waals surface area contributed by atoms with E-state index in [-0.39, 0.29) is 46.6 Å². The van der Waals surface area contributed by atoms with Crippen molar-refractivity contribution in [3.63, 3.8) is 0 Å². The number of carboxylic acid groups (broad SMARTS) is 1. The van der Waals surface area contributed by atoms with Gasteiger partial charge in [-0.3, -0.25) is 9.59 Å². The monoisotopic (exact) mass is 800 g/mol. The van der Waals surface area contributed by atoms with Gasteiger partial charge in [0.25, 0.3) is 0 Å². The van der Waals surface area contributed by atoms with Gasteiger partial charge in [0.15, 0.2) is 0 Å². The molecule has 3 aromatic heterocycles. The minimum Gasteiger partial charge on any atom is -0.465 e. The highest BCUT2D eigenvalue weighted by molar-refractivity contribution is 5.88. The van der Waals surface area contributed by atoms with Crippen molar-refractivity contribution in [3.05, 3.63) is 72.1 Å². The average Bonchev–Trinajstić information content (AvgIpc) is 4.03. The molecule has 0 spiro atoms. The lowest BCUT2D eigenvalue weighted by atomic mass is 10.0. The third-order valence-electron chi connectivity index (χ3n) is 10.9. The van der Waals surface area contributed by atoms with Crippen molar-refractivity contribution in [1.29, 1.82) is 0 Å². The van der Waals surface area contributed by atoms with Gasteiger partial charge < -0.3 is 44.7 Å². The zero-order valence-electron chi connectivity index (χ0n) is 32.8. The zero-order valence-corrected chi connectivity index (χ0v) is 32.8. The number of rotatable bonds is 11. The summed E-state index contributed by atoms with van der Waals surface area (Å²) < 4.78 is 42.3. The number of ether oxygens (including phenoxy) is 1. The molecular formula is C41H46F2N8O7. The summed E-state index contributed by atoms with van der Waals surface area (Å²) in [7, 11) is 1.23. The molecule has 306 valence electrons. The van der Waals surface area contributed by atoms with Crippen LogP contribution in [0.2, 0.25) is 0 Å². The van der Waals surface area contributed by atoms with Gasteiger partial charge in [-0.05, 0) is 73.9 Å². The molecule has 2 fully saturated rings. The fraction of sp³-hybridized carbons (Fsp3) is 0.415. The number of nitrogens with one attached hydrogen (secondary N) is 4. The molecule has 5 N–H and O–H groups in total. The second kappa shape index (κ2) is 16.3. The Hall–Kier alpha value is -6.26. The van der Waals surface area contributed by atoms with Gasteiger partial charge in [0.05, 0.1) is 48.5 Å². The largest absolute Gasteiger partial charge is 0.465 e. The minimum absolute atomic E-state index is 0.000494. The molecule has 2 aromatic carbocycles. The van der Waals surface area contributed by atoms with Crippen LogP contribution in [0.5, 0.6) is 0 Å². The number of hydrogen-bond acceptors (Lipinski definition) is 8. The van der Waals surface area contributed by atoms with Crippen LogP contribution in [0, 0.1) is 23.5 Å². The quantitative estimate of drug-likeness (QED) is 0.0920. The van der Waals surface area contributed by atoms with E-state index in [1.165, 1.54) is 25.4 Å². The summed E-state index contributed by atoms with van der Waals surface area (Å²) in [5.41, 5.74) is 2.05. The number of carbonyl (C=O) groups is 4. The number of alkyl carbamates (subject to hydrolysis) is 1. The Kier molecular flexibility index (Phi) is 11.2. The van der Waals surface area contributed by atoms with Crippen LogP contribution in [0.3, 0.4) is 0 Å².